The topological polar surface area (TPSA) is 61.1 Å². The molecule has 0 N–H and O–H groups in total. The normalized spacial score (nSPS) is 13.7. The Morgan fingerprint density at radius 2 is 1.82 bits per heavy atom. The van der Waals surface area contributed by atoms with Crippen LogP contribution in [0.15, 0.2) is 63.8 Å². The van der Waals surface area contributed by atoms with Gasteiger partial charge >= 0.3 is 6.18 Å². The molecule has 1 aromatic heterocycles. The summed E-state index contributed by atoms with van der Waals surface area (Å²) in [6.45, 7) is 2.61. The molecule has 0 saturated heterocycles. The summed E-state index contributed by atoms with van der Waals surface area (Å²) in [5.74, 6) is -2.05. The molecule has 0 saturated carbocycles. The number of para-hydroxylation sites is 2. The first kappa shape index (κ1) is 26.2. The van der Waals surface area contributed by atoms with Crippen molar-refractivity contribution in [2.45, 2.75) is 26.2 Å². The van der Waals surface area contributed by atoms with Gasteiger partial charge in [0, 0.05) is 23.1 Å². The maximum Gasteiger partial charge on any atom is 0.453 e. The van der Waals surface area contributed by atoms with E-state index in [0.717, 1.165) is 5.56 Å². The predicted octanol–water partition coefficient (Wildman–Crippen LogP) is 7.66. The Balaban J connectivity index is 1.58. The summed E-state index contributed by atoms with van der Waals surface area (Å²) in [7, 11) is 0. The van der Waals surface area contributed by atoms with Gasteiger partial charge in [0.25, 0.3) is 5.76 Å². The Morgan fingerprint density at radius 3 is 2.53 bits per heavy atom. The van der Waals surface area contributed by atoms with Crippen molar-refractivity contribution in [2.24, 2.45) is 0 Å². The average Bonchev–Trinajstić information content (AvgIpc) is 2.87. The van der Waals surface area contributed by atoms with Crippen LogP contribution in [0.25, 0.3) is 11.0 Å². The zero-order chi connectivity index (χ0) is 27.0. The van der Waals surface area contributed by atoms with Gasteiger partial charge in [-0.3, -0.25) is 9.69 Å². The van der Waals surface area contributed by atoms with Crippen molar-refractivity contribution in [3.8, 4) is 23.0 Å². The van der Waals surface area contributed by atoms with Crippen molar-refractivity contribution in [3.05, 3.63) is 91.8 Å². The second kappa shape index (κ2) is 10.4. The molecule has 5 rings (SSSR count). The van der Waals surface area contributed by atoms with Crippen molar-refractivity contribution in [1.82, 2.24) is 4.90 Å². The molecule has 3 aromatic carbocycles. The lowest BCUT2D eigenvalue weighted by Crippen LogP contribution is -2.32. The van der Waals surface area contributed by atoms with Crippen LogP contribution in [0.4, 0.5) is 13.2 Å². The molecule has 4 aromatic rings. The second-order valence-electron chi connectivity index (χ2n) is 8.48. The summed E-state index contributed by atoms with van der Waals surface area (Å²) in [6, 6.07) is 14.1. The Bertz CT molecular complexity index is 1570. The lowest BCUT2D eigenvalue weighted by Gasteiger charge is -2.29. The van der Waals surface area contributed by atoms with Gasteiger partial charge in [-0.1, -0.05) is 41.4 Å². The van der Waals surface area contributed by atoms with Crippen LogP contribution < -0.4 is 19.6 Å². The molecule has 0 fully saturated rings. The fourth-order valence-corrected chi connectivity index (χ4v) is 4.65. The minimum Gasteiger partial charge on any atom is -0.490 e. The summed E-state index contributed by atoms with van der Waals surface area (Å²) in [6.07, 6.45) is -5.02. The molecule has 0 bridgehead atoms. The van der Waals surface area contributed by atoms with Crippen molar-refractivity contribution in [2.75, 3.05) is 13.3 Å². The van der Waals surface area contributed by atoms with E-state index in [0.29, 0.717) is 27.9 Å². The van der Waals surface area contributed by atoms with Gasteiger partial charge < -0.3 is 18.6 Å². The van der Waals surface area contributed by atoms with Gasteiger partial charge in [0.2, 0.25) is 11.2 Å². The van der Waals surface area contributed by atoms with Gasteiger partial charge in [0.1, 0.15) is 18.1 Å². The number of fused-ring (bicyclic) bond motifs is 3. The number of nitrogens with zero attached hydrogens (tertiary/aromatic N) is 1. The van der Waals surface area contributed by atoms with Crippen molar-refractivity contribution in [3.63, 3.8) is 0 Å². The van der Waals surface area contributed by atoms with Gasteiger partial charge in [-0.2, -0.15) is 13.2 Å². The van der Waals surface area contributed by atoms with Gasteiger partial charge in [-0.25, -0.2) is 0 Å². The molecule has 38 heavy (non-hydrogen) atoms. The summed E-state index contributed by atoms with van der Waals surface area (Å²) in [5.41, 5.74) is -0.130. The van der Waals surface area contributed by atoms with Crippen LogP contribution in [0.5, 0.6) is 23.0 Å². The van der Waals surface area contributed by atoms with Crippen LogP contribution in [-0.4, -0.2) is 18.2 Å². The number of halogens is 5. The highest BCUT2D eigenvalue weighted by molar-refractivity contribution is 6.35. The molecular formula is C27H20Cl2F3NO5. The highest BCUT2D eigenvalue weighted by Crippen LogP contribution is 2.42. The molecule has 6 nitrogen and oxygen atoms in total. The number of alkyl halides is 3. The molecule has 1 aliphatic rings. The highest BCUT2D eigenvalue weighted by Gasteiger charge is 2.41. The lowest BCUT2D eigenvalue weighted by atomic mass is 10.1. The number of rotatable bonds is 6. The maximum absolute atomic E-state index is 14.2. The SMILES string of the molecule is CCOc1ccccc1Oc1c(C(F)(F)F)oc2c3c(ccc2c1=O)OCN(Cc1ccc(Cl)cc1Cl)C3. The van der Waals surface area contributed by atoms with Crippen molar-refractivity contribution >= 4 is 34.2 Å². The third-order valence-corrected chi connectivity index (χ3v) is 6.48. The summed E-state index contributed by atoms with van der Waals surface area (Å²) >= 11 is 12.3. The minimum atomic E-state index is -5.02. The van der Waals surface area contributed by atoms with Crippen LogP contribution in [0.2, 0.25) is 10.0 Å². The monoisotopic (exact) mass is 565 g/mol. The van der Waals surface area contributed by atoms with Gasteiger partial charge in [0.15, 0.2) is 11.5 Å². The van der Waals surface area contributed by atoms with E-state index in [2.05, 4.69) is 0 Å². The molecule has 0 aliphatic carbocycles. The van der Waals surface area contributed by atoms with E-state index in [1.165, 1.54) is 24.3 Å². The molecule has 11 heteroatoms. The molecule has 0 amide bonds. The fourth-order valence-electron chi connectivity index (χ4n) is 4.18. The molecule has 2 heterocycles. The van der Waals surface area contributed by atoms with E-state index in [4.69, 9.17) is 41.8 Å². The fraction of sp³-hybridized carbons (Fsp3) is 0.222. The van der Waals surface area contributed by atoms with Gasteiger partial charge in [0.05, 0.1) is 17.6 Å². The van der Waals surface area contributed by atoms with Crippen molar-refractivity contribution < 1.29 is 31.8 Å². The zero-order valence-corrected chi connectivity index (χ0v) is 21.4. The summed E-state index contributed by atoms with van der Waals surface area (Å²) < 4.78 is 64.6. The number of ether oxygens (including phenoxy) is 3. The van der Waals surface area contributed by atoms with E-state index in [1.54, 1.807) is 37.3 Å². The van der Waals surface area contributed by atoms with Crippen LogP contribution in [0.3, 0.4) is 0 Å². The first-order valence-electron chi connectivity index (χ1n) is 11.5. The summed E-state index contributed by atoms with van der Waals surface area (Å²) in [4.78, 5) is 15.2. The van der Waals surface area contributed by atoms with E-state index in [-0.39, 0.29) is 42.4 Å². The number of benzene rings is 3. The quantitative estimate of drug-likeness (QED) is 0.239. The van der Waals surface area contributed by atoms with Crippen LogP contribution in [-0.2, 0) is 19.3 Å². The molecular weight excluding hydrogens is 546 g/mol. The molecule has 0 spiro atoms. The average molecular weight is 566 g/mol. The largest absolute Gasteiger partial charge is 0.490 e. The summed E-state index contributed by atoms with van der Waals surface area (Å²) in [5, 5.41) is 0.852. The highest BCUT2D eigenvalue weighted by atomic mass is 35.5. The van der Waals surface area contributed by atoms with Crippen LogP contribution in [0, 0.1) is 0 Å². The molecule has 0 unspecified atom stereocenters. The Kier molecular flexibility index (Phi) is 7.17. The number of hydrogen-bond acceptors (Lipinski definition) is 6. The minimum absolute atomic E-state index is 0.0428. The third kappa shape index (κ3) is 5.14. The van der Waals surface area contributed by atoms with Crippen LogP contribution >= 0.6 is 23.2 Å². The Morgan fingerprint density at radius 1 is 1.05 bits per heavy atom. The van der Waals surface area contributed by atoms with E-state index >= 15 is 0 Å². The zero-order valence-electron chi connectivity index (χ0n) is 19.9. The van der Waals surface area contributed by atoms with Gasteiger partial charge in [-0.15, -0.1) is 0 Å². The van der Waals surface area contributed by atoms with E-state index in [1.807, 2.05) is 4.90 Å². The number of hydrogen-bond donors (Lipinski definition) is 0. The van der Waals surface area contributed by atoms with Gasteiger partial charge in [-0.05, 0) is 48.9 Å². The predicted molar refractivity (Wildman–Crippen MR) is 136 cm³/mol. The first-order valence-corrected chi connectivity index (χ1v) is 12.3. The third-order valence-electron chi connectivity index (χ3n) is 5.89. The second-order valence-corrected chi connectivity index (χ2v) is 9.33. The molecule has 0 radical (unpaired) electrons. The smallest absolute Gasteiger partial charge is 0.453 e. The van der Waals surface area contributed by atoms with Crippen LogP contribution in [0.1, 0.15) is 23.8 Å². The first-order chi connectivity index (χ1) is 18.2. The molecule has 0 atom stereocenters. The Labute approximate surface area is 225 Å². The van der Waals surface area contributed by atoms with E-state index in [9.17, 15) is 18.0 Å². The molecule has 1 aliphatic heterocycles. The maximum atomic E-state index is 14.2. The molecule has 198 valence electrons. The lowest BCUT2D eigenvalue weighted by molar-refractivity contribution is -0.154. The standard InChI is InChI=1S/C27H20Cl2F3NO5/c1-2-35-21-5-3-4-6-22(21)37-25-23(34)17-9-10-20-18(24(17)38-26(25)27(30,31)32)13-33(14-36-20)12-15-7-8-16(28)11-19(15)29/h3-11H,2,12-14H2,1H3. The Hall–Kier alpha value is -3.40. The van der Waals surface area contributed by atoms with E-state index < -0.39 is 23.1 Å². The van der Waals surface area contributed by atoms with Crippen molar-refractivity contribution in [1.29, 1.82) is 0 Å².